The molecule has 0 radical (unpaired) electrons. The zero-order valence-corrected chi connectivity index (χ0v) is 18.3. The van der Waals surface area contributed by atoms with E-state index in [1.807, 2.05) is 47.8 Å². The summed E-state index contributed by atoms with van der Waals surface area (Å²) in [6.07, 6.45) is -0.638. The van der Waals surface area contributed by atoms with Gasteiger partial charge >= 0.3 is 6.09 Å². The molecule has 3 rings (SSSR count). The number of sulfone groups is 1. The first-order valence-electron chi connectivity index (χ1n) is 9.32. The third-order valence-electron chi connectivity index (χ3n) is 4.22. The fourth-order valence-electron chi connectivity index (χ4n) is 3.03. The summed E-state index contributed by atoms with van der Waals surface area (Å²) in [6, 6.07) is 16.1. The molecule has 0 fully saturated rings. The fraction of sp³-hybridized carbons (Fsp3) is 0.318. The van der Waals surface area contributed by atoms with E-state index in [9.17, 15) is 13.2 Å². The number of alkyl carbamates (subject to hydrolysis) is 1. The van der Waals surface area contributed by atoms with Crippen LogP contribution in [0.25, 0.3) is 10.1 Å². The molecule has 7 heteroatoms. The minimum absolute atomic E-state index is 0.0852. The van der Waals surface area contributed by atoms with Crippen molar-refractivity contribution in [2.45, 2.75) is 38.2 Å². The molecular formula is C22H25NO4S2. The van der Waals surface area contributed by atoms with Crippen LogP contribution in [0.3, 0.4) is 0 Å². The van der Waals surface area contributed by atoms with Crippen molar-refractivity contribution in [3.8, 4) is 0 Å². The van der Waals surface area contributed by atoms with Crippen molar-refractivity contribution < 1.29 is 17.9 Å². The predicted octanol–water partition coefficient (Wildman–Crippen LogP) is 5.08. The molecular weight excluding hydrogens is 406 g/mol. The molecule has 1 unspecified atom stereocenters. The predicted molar refractivity (Wildman–Crippen MR) is 118 cm³/mol. The molecule has 154 valence electrons. The monoisotopic (exact) mass is 431 g/mol. The van der Waals surface area contributed by atoms with Crippen LogP contribution in [-0.4, -0.2) is 25.9 Å². The summed E-state index contributed by atoms with van der Waals surface area (Å²) in [6.45, 7) is 5.30. The lowest BCUT2D eigenvalue weighted by atomic mass is 10.1. The molecule has 1 amide bonds. The highest BCUT2D eigenvalue weighted by molar-refractivity contribution is 7.90. The lowest BCUT2D eigenvalue weighted by Crippen LogP contribution is -2.37. The second-order valence-electron chi connectivity index (χ2n) is 7.96. The van der Waals surface area contributed by atoms with Crippen LogP contribution < -0.4 is 5.32 Å². The number of carbonyl (C=O) groups excluding carboxylic acids is 1. The van der Waals surface area contributed by atoms with Gasteiger partial charge in [-0.2, -0.15) is 0 Å². The second kappa shape index (κ2) is 8.55. The lowest BCUT2D eigenvalue weighted by Gasteiger charge is -2.24. The molecule has 0 aliphatic heterocycles. The van der Waals surface area contributed by atoms with Crippen molar-refractivity contribution in [2.75, 3.05) is 5.75 Å². The average Bonchev–Trinajstić information content (AvgIpc) is 3.07. The van der Waals surface area contributed by atoms with Gasteiger partial charge in [0, 0.05) is 4.70 Å². The van der Waals surface area contributed by atoms with E-state index in [0.29, 0.717) is 0 Å². The SMILES string of the molecule is CC(C)(C)OC(=O)NC(CS(=O)(=O)Cc1ccc2sccc2c1)c1ccccc1. The summed E-state index contributed by atoms with van der Waals surface area (Å²) in [5.74, 6) is -0.296. The van der Waals surface area contributed by atoms with E-state index >= 15 is 0 Å². The molecule has 1 atom stereocenters. The Morgan fingerprint density at radius 2 is 1.83 bits per heavy atom. The maximum absolute atomic E-state index is 12.9. The number of hydrogen-bond acceptors (Lipinski definition) is 5. The van der Waals surface area contributed by atoms with E-state index in [0.717, 1.165) is 21.2 Å². The first-order chi connectivity index (χ1) is 13.6. The van der Waals surface area contributed by atoms with Gasteiger partial charge in [0.05, 0.1) is 17.5 Å². The Kier molecular flexibility index (Phi) is 6.29. The number of thiophene rings is 1. The van der Waals surface area contributed by atoms with Crippen LogP contribution in [0.5, 0.6) is 0 Å². The number of nitrogens with one attached hydrogen (secondary N) is 1. The van der Waals surface area contributed by atoms with Crippen molar-refractivity contribution in [1.82, 2.24) is 5.32 Å². The molecule has 0 saturated carbocycles. The number of carbonyl (C=O) groups is 1. The van der Waals surface area contributed by atoms with Gasteiger partial charge in [-0.15, -0.1) is 11.3 Å². The number of fused-ring (bicyclic) bond motifs is 1. The molecule has 1 heterocycles. The van der Waals surface area contributed by atoms with Gasteiger partial charge in [0.1, 0.15) is 5.60 Å². The van der Waals surface area contributed by atoms with Crippen molar-refractivity contribution in [3.05, 3.63) is 71.1 Å². The van der Waals surface area contributed by atoms with Gasteiger partial charge in [-0.1, -0.05) is 36.4 Å². The van der Waals surface area contributed by atoms with Crippen LogP contribution in [-0.2, 0) is 20.3 Å². The van der Waals surface area contributed by atoms with Crippen LogP contribution >= 0.6 is 11.3 Å². The lowest BCUT2D eigenvalue weighted by molar-refractivity contribution is 0.0508. The second-order valence-corrected chi connectivity index (χ2v) is 11.0. The molecule has 0 bridgehead atoms. The van der Waals surface area contributed by atoms with Crippen molar-refractivity contribution in [1.29, 1.82) is 0 Å². The number of hydrogen-bond donors (Lipinski definition) is 1. The molecule has 5 nitrogen and oxygen atoms in total. The van der Waals surface area contributed by atoms with Gasteiger partial charge in [-0.3, -0.25) is 0 Å². The zero-order valence-electron chi connectivity index (χ0n) is 16.7. The number of amides is 1. The largest absolute Gasteiger partial charge is 0.444 e. The summed E-state index contributed by atoms with van der Waals surface area (Å²) >= 11 is 1.62. The molecule has 1 N–H and O–H groups in total. The van der Waals surface area contributed by atoms with Gasteiger partial charge in [0.2, 0.25) is 0 Å². The molecule has 0 aliphatic carbocycles. The van der Waals surface area contributed by atoms with Crippen LogP contribution in [0.4, 0.5) is 4.79 Å². The Morgan fingerprint density at radius 1 is 1.10 bits per heavy atom. The topological polar surface area (TPSA) is 72.5 Å². The Morgan fingerprint density at radius 3 is 2.52 bits per heavy atom. The Balaban J connectivity index is 1.78. The first-order valence-corrected chi connectivity index (χ1v) is 12.0. The van der Waals surface area contributed by atoms with Crippen LogP contribution in [0, 0.1) is 0 Å². The molecule has 0 spiro atoms. The molecule has 1 aromatic heterocycles. The minimum atomic E-state index is -3.49. The highest BCUT2D eigenvalue weighted by atomic mass is 32.2. The smallest absolute Gasteiger partial charge is 0.408 e. The number of benzene rings is 2. The van der Waals surface area contributed by atoms with Gasteiger partial charge < -0.3 is 10.1 Å². The molecule has 2 aromatic carbocycles. The van der Waals surface area contributed by atoms with Gasteiger partial charge in [0.25, 0.3) is 0 Å². The third kappa shape index (κ3) is 6.30. The van der Waals surface area contributed by atoms with Crippen molar-refractivity contribution in [2.24, 2.45) is 0 Å². The van der Waals surface area contributed by atoms with Crippen LogP contribution in [0.1, 0.15) is 37.9 Å². The molecule has 3 aromatic rings. The van der Waals surface area contributed by atoms with E-state index in [2.05, 4.69) is 5.32 Å². The first kappa shape index (κ1) is 21.3. The Bertz CT molecular complexity index is 1080. The van der Waals surface area contributed by atoms with Gasteiger partial charge in [0.15, 0.2) is 9.84 Å². The quantitative estimate of drug-likeness (QED) is 0.591. The van der Waals surface area contributed by atoms with Crippen LogP contribution in [0.2, 0.25) is 0 Å². The third-order valence-corrected chi connectivity index (χ3v) is 6.73. The summed E-state index contributed by atoms with van der Waals surface area (Å²) in [5, 5.41) is 5.74. The Hall–Kier alpha value is -2.38. The van der Waals surface area contributed by atoms with Gasteiger partial charge in [-0.05, 0) is 60.9 Å². The molecule has 29 heavy (non-hydrogen) atoms. The fourth-order valence-corrected chi connectivity index (χ4v) is 5.39. The van der Waals surface area contributed by atoms with E-state index in [1.165, 1.54) is 0 Å². The summed E-state index contributed by atoms with van der Waals surface area (Å²) in [7, 11) is -3.49. The standard InChI is InChI=1S/C22H25NO4S2/c1-22(2,3)27-21(24)23-19(17-7-5-4-6-8-17)15-29(25,26)14-16-9-10-20-18(13-16)11-12-28-20/h4-13,19H,14-15H2,1-3H3,(H,23,24). The van der Waals surface area contributed by atoms with E-state index < -0.39 is 27.6 Å². The average molecular weight is 432 g/mol. The molecule has 0 saturated heterocycles. The van der Waals surface area contributed by atoms with E-state index in [1.54, 1.807) is 44.2 Å². The summed E-state index contributed by atoms with van der Waals surface area (Å²) < 4.78 is 32.3. The minimum Gasteiger partial charge on any atom is -0.444 e. The van der Waals surface area contributed by atoms with Crippen molar-refractivity contribution in [3.63, 3.8) is 0 Å². The van der Waals surface area contributed by atoms with E-state index in [4.69, 9.17) is 4.74 Å². The Labute approximate surface area is 175 Å². The number of rotatable bonds is 6. The van der Waals surface area contributed by atoms with Crippen LogP contribution in [0.15, 0.2) is 60.0 Å². The number of ether oxygens (including phenoxy) is 1. The normalized spacial score (nSPS) is 13.2. The highest BCUT2D eigenvalue weighted by Gasteiger charge is 2.25. The zero-order chi connectivity index (χ0) is 21.1. The maximum Gasteiger partial charge on any atom is 0.408 e. The summed E-state index contributed by atoms with van der Waals surface area (Å²) in [5.41, 5.74) is 0.787. The highest BCUT2D eigenvalue weighted by Crippen LogP contribution is 2.24. The maximum atomic E-state index is 12.9. The van der Waals surface area contributed by atoms with Crippen molar-refractivity contribution >= 4 is 37.4 Å². The summed E-state index contributed by atoms with van der Waals surface area (Å²) in [4.78, 5) is 12.3. The van der Waals surface area contributed by atoms with E-state index in [-0.39, 0.29) is 11.5 Å². The molecule has 0 aliphatic rings. The van der Waals surface area contributed by atoms with Gasteiger partial charge in [-0.25, -0.2) is 13.2 Å².